The van der Waals surface area contributed by atoms with Crippen LogP contribution in [-0.4, -0.2) is 36.8 Å². The highest BCUT2D eigenvalue weighted by Crippen LogP contribution is 2.28. The van der Waals surface area contributed by atoms with E-state index in [4.69, 9.17) is 4.74 Å². The van der Waals surface area contributed by atoms with Gasteiger partial charge in [0.1, 0.15) is 6.61 Å². The van der Waals surface area contributed by atoms with Gasteiger partial charge in [-0.2, -0.15) is 5.10 Å². The molecular weight excluding hydrogens is 560 g/mol. The zero-order valence-electron chi connectivity index (χ0n) is 25.0. The molecule has 1 heterocycles. The number of nitrogens with zero attached hydrogens (tertiary/aromatic N) is 2. The van der Waals surface area contributed by atoms with Crippen LogP contribution in [0, 0.1) is 27.7 Å². The molecule has 0 radical (unpaired) electrons. The predicted molar refractivity (Wildman–Crippen MR) is 170 cm³/mol. The number of benzene rings is 4. The summed E-state index contributed by atoms with van der Waals surface area (Å²) in [5, 5.41) is 8.97. The second kappa shape index (κ2) is 12.4. The highest BCUT2D eigenvalue weighted by atomic mass is 32.2. The molecule has 43 heavy (non-hydrogen) atoms. The third kappa shape index (κ3) is 6.79. The highest BCUT2D eigenvalue weighted by molar-refractivity contribution is 7.89. The van der Waals surface area contributed by atoms with E-state index in [1.54, 1.807) is 23.0 Å². The van der Waals surface area contributed by atoms with E-state index in [2.05, 4.69) is 15.1 Å². The topological polar surface area (TPSA) is 102 Å². The molecule has 222 valence electrons. The van der Waals surface area contributed by atoms with Gasteiger partial charge in [-0.3, -0.25) is 0 Å². The maximum atomic E-state index is 13.2. The van der Waals surface area contributed by atoms with Crippen molar-refractivity contribution in [3.05, 3.63) is 118 Å². The van der Waals surface area contributed by atoms with E-state index < -0.39 is 16.0 Å². The summed E-state index contributed by atoms with van der Waals surface area (Å²) in [7, 11) is -3.68. The van der Waals surface area contributed by atoms with Crippen molar-refractivity contribution in [2.45, 2.75) is 52.2 Å². The Hall–Kier alpha value is -4.47. The molecule has 5 aromatic rings. The van der Waals surface area contributed by atoms with E-state index in [-0.39, 0.29) is 19.2 Å². The van der Waals surface area contributed by atoms with Crippen LogP contribution in [0.15, 0.2) is 90.0 Å². The largest absolute Gasteiger partial charge is 0.457 e. The number of carbonyl (C=O) groups is 1. The van der Waals surface area contributed by atoms with E-state index in [0.717, 1.165) is 50.1 Å². The average molecular weight is 597 g/mol. The lowest BCUT2D eigenvalue weighted by Gasteiger charge is -2.19. The number of esters is 1. The van der Waals surface area contributed by atoms with E-state index >= 15 is 0 Å². The van der Waals surface area contributed by atoms with Crippen LogP contribution in [0.3, 0.4) is 0 Å². The highest BCUT2D eigenvalue weighted by Gasteiger charge is 2.21. The van der Waals surface area contributed by atoms with Crippen molar-refractivity contribution in [3.63, 3.8) is 0 Å². The number of hydrogen-bond donors (Lipinski definition) is 2. The second-order valence-corrected chi connectivity index (χ2v) is 12.7. The molecule has 9 heteroatoms. The standard InChI is InChI=1S/C34H36N4O4S/c1-22-14-24(3)33(25(4)15-22)43(40,41)36-19-26(5)37-31-16-23(2)17-32-30(31)20-35-38(32)29-13-9-12-28(18-29)34(39)42-21-27-10-7-6-8-11-27/h6-18,20,26,36-37H,19,21H2,1-5H3/t26-/m1/s1. The third-order valence-electron chi connectivity index (χ3n) is 7.23. The van der Waals surface area contributed by atoms with Crippen molar-refractivity contribution in [3.8, 4) is 5.69 Å². The lowest BCUT2D eigenvalue weighted by atomic mass is 10.1. The zero-order valence-corrected chi connectivity index (χ0v) is 25.8. The van der Waals surface area contributed by atoms with Crippen LogP contribution in [-0.2, 0) is 21.4 Å². The summed E-state index contributed by atoms with van der Waals surface area (Å²) in [6.07, 6.45) is 1.77. The number of anilines is 1. The Morgan fingerprint density at radius 1 is 0.907 bits per heavy atom. The Labute approximate surface area is 252 Å². The van der Waals surface area contributed by atoms with Crippen LogP contribution in [0.1, 0.15) is 45.1 Å². The molecule has 0 aliphatic heterocycles. The van der Waals surface area contributed by atoms with Crippen LogP contribution < -0.4 is 10.0 Å². The van der Waals surface area contributed by atoms with Crippen LogP contribution in [0.4, 0.5) is 5.69 Å². The van der Waals surface area contributed by atoms with E-state index in [1.807, 2.05) is 101 Å². The van der Waals surface area contributed by atoms with E-state index in [1.165, 1.54) is 0 Å². The Balaban J connectivity index is 1.33. The molecule has 1 atom stereocenters. The molecular formula is C34H36N4O4S. The number of aryl methyl sites for hydroxylation is 4. The number of fused-ring (bicyclic) bond motifs is 1. The molecule has 0 fully saturated rings. The van der Waals surface area contributed by atoms with E-state index in [0.29, 0.717) is 10.5 Å². The number of nitrogens with one attached hydrogen (secondary N) is 2. The summed E-state index contributed by atoms with van der Waals surface area (Å²) in [6.45, 7) is 9.92. The zero-order chi connectivity index (χ0) is 30.7. The van der Waals surface area contributed by atoms with Crippen molar-refractivity contribution in [2.24, 2.45) is 0 Å². The number of ether oxygens (including phenoxy) is 1. The monoisotopic (exact) mass is 596 g/mol. The molecule has 0 aliphatic rings. The first-order valence-electron chi connectivity index (χ1n) is 14.2. The van der Waals surface area contributed by atoms with Gasteiger partial charge in [0.05, 0.1) is 27.9 Å². The van der Waals surface area contributed by atoms with Gasteiger partial charge in [-0.25, -0.2) is 22.6 Å². The van der Waals surface area contributed by atoms with Crippen LogP contribution in [0.25, 0.3) is 16.6 Å². The summed E-state index contributed by atoms with van der Waals surface area (Å²) in [5.74, 6) is -0.409. The minimum Gasteiger partial charge on any atom is -0.457 e. The number of carbonyl (C=O) groups excluding carboxylic acids is 1. The minimum atomic E-state index is -3.68. The van der Waals surface area contributed by atoms with Gasteiger partial charge in [-0.15, -0.1) is 0 Å². The molecule has 1 aromatic heterocycles. The Bertz CT molecular complexity index is 1880. The summed E-state index contributed by atoms with van der Waals surface area (Å²) in [6, 6.07) is 24.4. The Kier molecular flexibility index (Phi) is 8.66. The lowest BCUT2D eigenvalue weighted by molar-refractivity contribution is 0.0472. The van der Waals surface area contributed by atoms with Gasteiger partial charge < -0.3 is 10.1 Å². The van der Waals surface area contributed by atoms with Crippen LogP contribution in [0.5, 0.6) is 0 Å². The van der Waals surface area contributed by atoms with Crippen molar-refractivity contribution < 1.29 is 17.9 Å². The molecule has 4 aromatic carbocycles. The Morgan fingerprint density at radius 3 is 2.33 bits per heavy atom. The molecule has 0 aliphatic carbocycles. The molecule has 5 rings (SSSR count). The normalized spacial score (nSPS) is 12.3. The van der Waals surface area contributed by atoms with Gasteiger partial charge in [0, 0.05) is 23.7 Å². The van der Waals surface area contributed by atoms with Gasteiger partial charge in [0.2, 0.25) is 10.0 Å². The summed E-state index contributed by atoms with van der Waals surface area (Å²) in [5.41, 5.74) is 7.27. The molecule has 0 saturated heterocycles. The quantitative estimate of drug-likeness (QED) is 0.181. The van der Waals surface area contributed by atoms with Crippen molar-refractivity contribution in [2.75, 3.05) is 11.9 Å². The molecule has 0 unspecified atom stereocenters. The number of hydrogen-bond acceptors (Lipinski definition) is 6. The summed E-state index contributed by atoms with van der Waals surface area (Å²) >= 11 is 0. The first kappa shape index (κ1) is 30.0. The van der Waals surface area contributed by atoms with E-state index in [9.17, 15) is 13.2 Å². The number of aromatic nitrogens is 2. The van der Waals surface area contributed by atoms with Gasteiger partial charge in [0.25, 0.3) is 0 Å². The molecule has 2 N–H and O–H groups in total. The lowest BCUT2D eigenvalue weighted by Crippen LogP contribution is -2.35. The van der Waals surface area contributed by atoms with Crippen molar-refractivity contribution in [1.82, 2.24) is 14.5 Å². The van der Waals surface area contributed by atoms with Crippen molar-refractivity contribution >= 4 is 32.6 Å². The van der Waals surface area contributed by atoms with Gasteiger partial charge in [-0.1, -0.05) is 54.1 Å². The summed E-state index contributed by atoms with van der Waals surface area (Å²) < 4.78 is 36.4. The number of sulfonamides is 1. The molecule has 0 amide bonds. The molecule has 0 spiro atoms. The fraction of sp³-hybridized carbons (Fsp3) is 0.235. The average Bonchev–Trinajstić information content (AvgIpc) is 3.39. The van der Waals surface area contributed by atoms with Gasteiger partial charge in [-0.05, 0) is 87.2 Å². The molecule has 0 bridgehead atoms. The van der Waals surface area contributed by atoms with Crippen LogP contribution in [0.2, 0.25) is 0 Å². The second-order valence-electron chi connectivity index (χ2n) is 11.0. The Morgan fingerprint density at radius 2 is 1.60 bits per heavy atom. The van der Waals surface area contributed by atoms with Gasteiger partial charge >= 0.3 is 5.97 Å². The fourth-order valence-electron chi connectivity index (χ4n) is 5.38. The summed E-state index contributed by atoms with van der Waals surface area (Å²) in [4.78, 5) is 13.1. The molecule has 0 saturated carbocycles. The number of rotatable bonds is 10. The molecule has 8 nitrogen and oxygen atoms in total. The SMILES string of the molecule is Cc1cc(C)c(S(=O)(=O)NC[C@@H](C)Nc2cc(C)cc3c2cnn3-c2cccc(C(=O)OCc3ccccc3)c2)c(C)c1. The van der Waals surface area contributed by atoms with Gasteiger partial charge in [0.15, 0.2) is 0 Å². The maximum Gasteiger partial charge on any atom is 0.338 e. The first-order valence-corrected chi connectivity index (χ1v) is 15.6. The first-order chi connectivity index (χ1) is 20.5. The fourth-order valence-corrected chi connectivity index (χ4v) is 6.96. The van der Waals surface area contributed by atoms with Crippen molar-refractivity contribution in [1.29, 1.82) is 0 Å². The van der Waals surface area contributed by atoms with Crippen LogP contribution >= 0.6 is 0 Å². The predicted octanol–water partition coefficient (Wildman–Crippen LogP) is 6.40. The smallest absolute Gasteiger partial charge is 0.338 e. The maximum absolute atomic E-state index is 13.2. The third-order valence-corrected chi connectivity index (χ3v) is 8.96. The minimum absolute atomic E-state index is 0.196.